The molecule has 476 valence electrons. The molecule has 0 aromatic heterocycles. The number of allylic oxidation sites excluding steroid dienone is 6. The summed E-state index contributed by atoms with van der Waals surface area (Å²) < 4.78 is 17.0. The van der Waals surface area contributed by atoms with Gasteiger partial charge in [0.2, 0.25) is 0 Å². The van der Waals surface area contributed by atoms with Crippen LogP contribution in [0.3, 0.4) is 0 Å². The molecule has 0 N–H and O–H groups in total. The molecule has 0 rings (SSSR count). The first-order valence-corrected chi connectivity index (χ1v) is 36.5. The molecular formula is C75H140O6. The van der Waals surface area contributed by atoms with E-state index in [2.05, 4.69) is 57.2 Å². The normalized spacial score (nSPS) is 12.2. The molecule has 0 saturated carbocycles. The fraction of sp³-hybridized carbons (Fsp3) is 0.880. The van der Waals surface area contributed by atoms with Crippen LogP contribution in [-0.4, -0.2) is 37.2 Å². The average Bonchev–Trinajstić information content (AvgIpc) is 3.47. The second-order valence-electron chi connectivity index (χ2n) is 24.9. The van der Waals surface area contributed by atoms with E-state index in [0.717, 1.165) is 70.6 Å². The standard InChI is InChI=1S/C75H140O6/c1-4-7-10-13-16-19-22-24-26-28-30-32-34-35-36-37-38-39-41-42-44-46-48-50-53-56-59-62-65-68-74(77)80-71-72(70-79-73(76)67-64-61-58-55-52-21-18-15-12-9-6-3)81-75(78)69-66-63-60-57-54-51-49-47-45-43-40-33-31-29-27-25-23-20-17-14-11-8-5-2/h22,24,28,30,34-35,72H,4-21,23,25-27,29,31-33,36-71H2,1-3H3/b24-22-,30-28-,35-34-. The molecular weight excluding hydrogens is 997 g/mol. The van der Waals surface area contributed by atoms with Crippen molar-refractivity contribution in [3.8, 4) is 0 Å². The van der Waals surface area contributed by atoms with Crippen molar-refractivity contribution in [2.45, 2.75) is 412 Å². The fourth-order valence-electron chi connectivity index (χ4n) is 11.2. The van der Waals surface area contributed by atoms with Gasteiger partial charge >= 0.3 is 17.9 Å². The van der Waals surface area contributed by atoms with Crippen LogP contribution in [0.4, 0.5) is 0 Å². The number of ether oxygens (including phenoxy) is 3. The largest absolute Gasteiger partial charge is 0.462 e. The lowest BCUT2D eigenvalue weighted by atomic mass is 10.0. The molecule has 0 amide bonds. The molecule has 0 radical (unpaired) electrons. The van der Waals surface area contributed by atoms with Crippen LogP contribution in [0.25, 0.3) is 0 Å². The van der Waals surface area contributed by atoms with Crippen molar-refractivity contribution in [3.63, 3.8) is 0 Å². The van der Waals surface area contributed by atoms with Gasteiger partial charge in [-0.1, -0.05) is 365 Å². The van der Waals surface area contributed by atoms with Crippen LogP contribution in [0.1, 0.15) is 406 Å². The first-order chi connectivity index (χ1) is 40.0. The van der Waals surface area contributed by atoms with Crippen LogP contribution < -0.4 is 0 Å². The maximum absolute atomic E-state index is 12.9. The highest BCUT2D eigenvalue weighted by Gasteiger charge is 2.19. The van der Waals surface area contributed by atoms with E-state index in [1.54, 1.807) is 0 Å². The Balaban J connectivity index is 4.15. The Labute approximate surface area is 506 Å². The predicted octanol–water partition coefficient (Wildman–Crippen LogP) is 25.1. The highest BCUT2D eigenvalue weighted by Crippen LogP contribution is 2.19. The molecule has 0 fully saturated rings. The predicted molar refractivity (Wildman–Crippen MR) is 353 cm³/mol. The third-order valence-corrected chi connectivity index (χ3v) is 16.6. The summed E-state index contributed by atoms with van der Waals surface area (Å²) in [6.45, 7) is 6.70. The van der Waals surface area contributed by atoms with E-state index in [1.165, 1.54) is 295 Å². The summed E-state index contributed by atoms with van der Waals surface area (Å²) in [6, 6.07) is 0. The summed E-state index contributed by atoms with van der Waals surface area (Å²) in [7, 11) is 0. The molecule has 0 spiro atoms. The second-order valence-corrected chi connectivity index (χ2v) is 24.9. The van der Waals surface area contributed by atoms with E-state index in [9.17, 15) is 14.4 Å². The summed E-state index contributed by atoms with van der Waals surface area (Å²) in [6.07, 6.45) is 87.6. The lowest BCUT2D eigenvalue weighted by Gasteiger charge is -2.18. The van der Waals surface area contributed by atoms with Crippen LogP contribution >= 0.6 is 0 Å². The van der Waals surface area contributed by atoms with Crippen molar-refractivity contribution in [3.05, 3.63) is 36.5 Å². The Hall–Kier alpha value is -2.37. The molecule has 0 aliphatic carbocycles. The second kappa shape index (κ2) is 70.1. The molecule has 0 saturated heterocycles. The minimum atomic E-state index is -0.768. The Morgan fingerprint density at radius 1 is 0.247 bits per heavy atom. The number of hydrogen-bond donors (Lipinski definition) is 0. The Kier molecular flexibility index (Phi) is 68.1. The monoisotopic (exact) mass is 1140 g/mol. The van der Waals surface area contributed by atoms with Gasteiger partial charge in [0.05, 0.1) is 0 Å². The molecule has 0 aliphatic rings. The van der Waals surface area contributed by atoms with Gasteiger partial charge in [-0.25, -0.2) is 0 Å². The summed E-state index contributed by atoms with van der Waals surface area (Å²) in [5.41, 5.74) is 0. The maximum Gasteiger partial charge on any atom is 0.306 e. The first-order valence-electron chi connectivity index (χ1n) is 36.5. The molecule has 6 heteroatoms. The van der Waals surface area contributed by atoms with Crippen LogP contribution in [0.15, 0.2) is 36.5 Å². The van der Waals surface area contributed by atoms with Gasteiger partial charge in [-0.2, -0.15) is 0 Å². The van der Waals surface area contributed by atoms with E-state index in [-0.39, 0.29) is 31.1 Å². The maximum atomic E-state index is 12.9. The zero-order chi connectivity index (χ0) is 58.5. The molecule has 1 unspecified atom stereocenters. The van der Waals surface area contributed by atoms with Crippen molar-refractivity contribution in [2.75, 3.05) is 13.2 Å². The quantitative estimate of drug-likeness (QED) is 0.0261. The molecule has 1 atom stereocenters. The van der Waals surface area contributed by atoms with Gasteiger partial charge in [-0.3, -0.25) is 14.4 Å². The van der Waals surface area contributed by atoms with Gasteiger partial charge in [0, 0.05) is 19.3 Å². The Morgan fingerprint density at radius 3 is 0.691 bits per heavy atom. The lowest BCUT2D eigenvalue weighted by molar-refractivity contribution is -0.167. The fourth-order valence-corrected chi connectivity index (χ4v) is 11.2. The van der Waals surface area contributed by atoms with Gasteiger partial charge in [0.15, 0.2) is 6.10 Å². The van der Waals surface area contributed by atoms with Gasteiger partial charge in [-0.15, -0.1) is 0 Å². The highest BCUT2D eigenvalue weighted by molar-refractivity contribution is 5.71. The third-order valence-electron chi connectivity index (χ3n) is 16.6. The summed E-state index contributed by atoms with van der Waals surface area (Å²) in [4.78, 5) is 38.4. The van der Waals surface area contributed by atoms with Gasteiger partial charge in [-0.05, 0) is 57.8 Å². The molecule has 0 heterocycles. The number of carbonyl (C=O) groups is 3. The molecule has 0 aromatic carbocycles. The van der Waals surface area contributed by atoms with E-state index in [4.69, 9.17) is 14.2 Å². The number of carbonyl (C=O) groups excluding carboxylic acids is 3. The van der Waals surface area contributed by atoms with E-state index in [0.29, 0.717) is 19.3 Å². The number of hydrogen-bond acceptors (Lipinski definition) is 6. The minimum absolute atomic E-state index is 0.0654. The van der Waals surface area contributed by atoms with Crippen molar-refractivity contribution >= 4 is 17.9 Å². The molecule has 81 heavy (non-hydrogen) atoms. The van der Waals surface area contributed by atoms with Gasteiger partial charge < -0.3 is 14.2 Å². The minimum Gasteiger partial charge on any atom is -0.462 e. The topological polar surface area (TPSA) is 78.9 Å². The average molecular weight is 1140 g/mol. The lowest BCUT2D eigenvalue weighted by Crippen LogP contribution is -2.30. The molecule has 0 aliphatic heterocycles. The van der Waals surface area contributed by atoms with Crippen molar-refractivity contribution in [1.29, 1.82) is 0 Å². The summed E-state index contributed by atoms with van der Waals surface area (Å²) in [5.74, 6) is -0.835. The van der Waals surface area contributed by atoms with E-state index < -0.39 is 6.10 Å². The smallest absolute Gasteiger partial charge is 0.306 e. The summed E-state index contributed by atoms with van der Waals surface area (Å²) >= 11 is 0. The third kappa shape index (κ3) is 68.3. The first kappa shape index (κ1) is 78.6. The number of rotatable bonds is 68. The zero-order valence-electron chi connectivity index (χ0n) is 54.8. The van der Waals surface area contributed by atoms with Gasteiger partial charge in [0.1, 0.15) is 13.2 Å². The zero-order valence-corrected chi connectivity index (χ0v) is 54.8. The molecule has 6 nitrogen and oxygen atoms in total. The Bertz CT molecular complexity index is 1350. The van der Waals surface area contributed by atoms with E-state index >= 15 is 0 Å². The molecule has 0 aromatic rings. The van der Waals surface area contributed by atoms with Crippen molar-refractivity contribution in [2.24, 2.45) is 0 Å². The summed E-state index contributed by atoms with van der Waals surface area (Å²) in [5, 5.41) is 0. The number of esters is 3. The number of unbranched alkanes of at least 4 members (excludes halogenated alkanes) is 51. The van der Waals surface area contributed by atoms with Crippen LogP contribution in [0.2, 0.25) is 0 Å². The van der Waals surface area contributed by atoms with Crippen molar-refractivity contribution < 1.29 is 28.6 Å². The van der Waals surface area contributed by atoms with E-state index in [1.807, 2.05) is 0 Å². The molecule has 0 bridgehead atoms. The SMILES string of the molecule is CCCCCCC/C=C\C/C=C\C/C=C\CCCCCCCCCCCCCCCCC(=O)OCC(COC(=O)CCCCCCCCCCCCC)OC(=O)CCCCCCCCCCCCCCCCCCCCCCCCC. The van der Waals surface area contributed by atoms with Crippen LogP contribution in [-0.2, 0) is 28.6 Å². The van der Waals surface area contributed by atoms with Gasteiger partial charge in [0.25, 0.3) is 0 Å². The van der Waals surface area contributed by atoms with Crippen LogP contribution in [0, 0.1) is 0 Å². The highest BCUT2D eigenvalue weighted by atomic mass is 16.6. The van der Waals surface area contributed by atoms with Crippen molar-refractivity contribution in [1.82, 2.24) is 0 Å². The Morgan fingerprint density at radius 2 is 0.444 bits per heavy atom. The van der Waals surface area contributed by atoms with Crippen LogP contribution in [0.5, 0.6) is 0 Å².